The van der Waals surface area contributed by atoms with Crippen LogP contribution in [0.3, 0.4) is 0 Å². The zero-order valence-electron chi connectivity index (χ0n) is 13.8. The molecule has 0 unspecified atom stereocenters. The van der Waals surface area contributed by atoms with Crippen molar-refractivity contribution in [3.63, 3.8) is 0 Å². The lowest BCUT2D eigenvalue weighted by molar-refractivity contribution is 0.102. The molecule has 6 nitrogen and oxygen atoms in total. The van der Waals surface area contributed by atoms with Crippen LogP contribution in [-0.4, -0.2) is 16.1 Å². The zero-order chi connectivity index (χ0) is 18.5. The van der Waals surface area contributed by atoms with Crippen molar-refractivity contribution in [1.29, 1.82) is 5.26 Å². The van der Waals surface area contributed by atoms with Gasteiger partial charge in [-0.25, -0.2) is 0 Å². The summed E-state index contributed by atoms with van der Waals surface area (Å²) in [5.74, 6) is 0.123. The largest absolute Gasteiger partial charge is 0.338 e. The van der Waals surface area contributed by atoms with Crippen LogP contribution in [0.15, 0.2) is 54.6 Å². The van der Waals surface area contributed by atoms with Gasteiger partial charge in [0.05, 0.1) is 11.6 Å². The van der Waals surface area contributed by atoms with Gasteiger partial charge in [0.25, 0.3) is 5.91 Å². The fourth-order valence-corrected chi connectivity index (χ4v) is 2.38. The van der Waals surface area contributed by atoms with Crippen molar-refractivity contribution in [2.45, 2.75) is 6.92 Å². The van der Waals surface area contributed by atoms with Crippen molar-refractivity contribution >= 4 is 34.7 Å². The number of aryl methyl sites for hydroxylation is 1. The fourth-order valence-electron chi connectivity index (χ4n) is 2.21. The van der Waals surface area contributed by atoms with E-state index in [1.54, 1.807) is 42.5 Å². The van der Waals surface area contributed by atoms with E-state index in [1.807, 2.05) is 25.1 Å². The average molecular weight is 364 g/mol. The third-order valence-corrected chi connectivity index (χ3v) is 3.87. The number of nitriles is 1. The Kier molecular flexibility index (Phi) is 5.11. The minimum Gasteiger partial charge on any atom is -0.338 e. The summed E-state index contributed by atoms with van der Waals surface area (Å²) >= 11 is 6.00. The molecule has 0 bridgehead atoms. The van der Waals surface area contributed by atoms with E-state index < -0.39 is 0 Å². The normalized spacial score (nSPS) is 10.0. The zero-order valence-corrected chi connectivity index (χ0v) is 14.6. The molecule has 3 rings (SSSR count). The molecule has 0 saturated carbocycles. The molecule has 0 radical (unpaired) electrons. The molecule has 3 aromatic rings. The second kappa shape index (κ2) is 7.64. The van der Waals surface area contributed by atoms with E-state index in [9.17, 15) is 4.79 Å². The van der Waals surface area contributed by atoms with Crippen LogP contribution in [0.2, 0.25) is 5.02 Å². The number of hydrogen-bond acceptors (Lipinski definition) is 5. The molecule has 0 saturated heterocycles. The highest BCUT2D eigenvalue weighted by atomic mass is 35.5. The highest BCUT2D eigenvalue weighted by Gasteiger charge is 2.09. The lowest BCUT2D eigenvalue weighted by Crippen LogP contribution is -2.14. The van der Waals surface area contributed by atoms with Crippen molar-refractivity contribution < 1.29 is 4.79 Å². The van der Waals surface area contributed by atoms with Crippen LogP contribution in [-0.2, 0) is 0 Å². The summed E-state index contributed by atoms with van der Waals surface area (Å²) in [7, 11) is 0. The maximum absolute atomic E-state index is 12.2. The molecule has 0 fully saturated rings. The number of carbonyl (C=O) groups is 1. The molecule has 2 N–H and O–H groups in total. The number of rotatable bonds is 4. The molecule has 1 aromatic heterocycles. The van der Waals surface area contributed by atoms with Crippen LogP contribution >= 0.6 is 11.6 Å². The Balaban J connectivity index is 1.69. The van der Waals surface area contributed by atoms with Gasteiger partial charge in [-0.05, 0) is 61.0 Å². The number of nitrogens with one attached hydrogen (secondary N) is 2. The summed E-state index contributed by atoms with van der Waals surface area (Å²) in [4.78, 5) is 12.2. The fraction of sp³-hybridized carbons (Fsp3) is 0.0526. The van der Waals surface area contributed by atoms with E-state index in [4.69, 9.17) is 16.9 Å². The van der Waals surface area contributed by atoms with Crippen molar-refractivity contribution in [1.82, 2.24) is 10.2 Å². The van der Waals surface area contributed by atoms with Crippen molar-refractivity contribution in [3.8, 4) is 6.07 Å². The van der Waals surface area contributed by atoms with E-state index in [2.05, 4.69) is 20.8 Å². The van der Waals surface area contributed by atoms with Gasteiger partial charge in [0, 0.05) is 16.4 Å². The van der Waals surface area contributed by atoms with Crippen LogP contribution in [0.5, 0.6) is 0 Å². The van der Waals surface area contributed by atoms with Gasteiger partial charge in [0.1, 0.15) is 0 Å². The van der Waals surface area contributed by atoms with Crippen LogP contribution < -0.4 is 10.6 Å². The minimum atomic E-state index is -0.382. The Morgan fingerprint density at radius 2 is 1.85 bits per heavy atom. The number of halogens is 1. The lowest BCUT2D eigenvalue weighted by atomic mass is 10.2. The molecule has 26 heavy (non-hydrogen) atoms. The molecular weight excluding hydrogens is 350 g/mol. The summed E-state index contributed by atoms with van der Waals surface area (Å²) in [6, 6.07) is 17.3. The molecule has 7 heteroatoms. The quantitative estimate of drug-likeness (QED) is 0.720. The molecule has 1 heterocycles. The Bertz CT molecular complexity index is 978. The van der Waals surface area contributed by atoms with Crippen LogP contribution in [0, 0.1) is 18.3 Å². The molecule has 2 aromatic carbocycles. The SMILES string of the molecule is Cc1ccc(Cl)cc1Nc1ccc(C(=O)Nc2ccc(C#N)cc2)nn1. The lowest BCUT2D eigenvalue weighted by Gasteiger charge is -2.09. The molecule has 0 spiro atoms. The van der Waals surface area contributed by atoms with Crippen molar-refractivity contribution in [2.75, 3.05) is 10.6 Å². The third kappa shape index (κ3) is 4.15. The molecule has 0 aliphatic heterocycles. The van der Waals surface area contributed by atoms with Gasteiger partial charge >= 0.3 is 0 Å². The van der Waals surface area contributed by atoms with Crippen LogP contribution in [0.1, 0.15) is 21.6 Å². The van der Waals surface area contributed by atoms with E-state index in [-0.39, 0.29) is 11.6 Å². The number of anilines is 3. The Labute approximate surface area is 155 Å². The predicted molar refractivity (Wildman–Crippen MR) is 101 cm³/mol. The van der Waals surface area contributed by atoms with E-state index >= 15 is 0 Å². The van der Waals surface area contributed by atoms with Gasteiger partial charge in [-0.1, -0.05) is 17.7 Å². The first-order chi connectivity index (χ1) is 12.5. The van der Waals surface area contributed by atoms with Crippen LogP contribution in [0.4, 0.5) is 17.2 Å². The van der Waals surface area contributed by atoms with E-state index in [0.29, 0.717) is 22.1 Å². The van der Waals surface area contributed by atoms with Gasteiger partial charge in [0.15, 0.2) is 11.5 Å². The first-order valence-corrected chi connectivity index (χ1v) is 8.11. The molecule has 1 amide bonds. The summed E-state index contributed by atoms with van der Waals surface area (Å²) in [5.41, 5.74) is 3.12. The third-order valence-electron chi connectivity index (χ3n) is 3.63. The average Bonchev–Trinajstić information content (AvgIpc) is 2.66. The van der Waals surface area contributed by atoms with E-state index in [0.717, 1.165) is 11.3 Å². The van der Waals surface area contributed by atoms with Gasteiger partial charge in [-0.3, -0.25) is 4.79 Å². The van der Waals surface area contributed by atoms with Gasteiger partial charge in [-0.2, -0.15) is 5.26 Å². The summed E-state index contributed by atoms with van der Waals surface area (Å²) < 4.78 is 0. The van der Waals surface area contributed by atoms with Gasteiger partial charge < -0.3 is 10.6 Å². The maximum Gasteiger partial charge on any atom is 0.276 e. The van der Waals surface area contributed by atoms with Gasteiger partial charge in [0.2, 0.25) is 0 Å². The monoisotopic (exact) mass is 363 g/mol. The Hall–Kier alpha value is -3.43. The standard InChI is InChI=1S/C19H14ClN5O/c1-12-2-5-14(20)10-17(12)23-18-9-8-16(24-25-18)19(26)22-15-6-3-13(11-21)4-7-15/h2-10H,1H3,(H,22,26)(H,23,25). The topological polar surface area (TPSA) is 90.7 Å². The van der Waals surface area contributed by atoms with E-state index in [1.165, 1.54) is 0 Å². The number of amides is 1. The maximum atomic E-state index is 12.2. The van der Waals surface area contributed by atoms with Gasteiger partial charge in [-0.15, -0.1) is 10.2 Å². The van der Waals surface area contributed by atoms with Crippen molar-refractivity contribution in [2.24, 2.45) is 0 Å². The molecule has 0 aliphatic carbocycles. The molecular formula is C19H14ClN5O. The molecule has 0 atom stereocenters. The first-order valence-electron chi connectivity index (χ1n) is 7.73. The number of aromatic nitrogens is 2. The Morgan fingerprint density at radius 1 is 1.08 bits per heavy atom. The molecule has 0 aliphatic rings. The summed E-state index contributed by atoms with van der Waals surface area (Å²) in [5, 5.41) is 23.2. The first kappa shape index (κ1) is 17.4. The predicted octanol–water partition coefficient (Wildman–Crippen LogP) is 4.31. The highest BCUT2D eigenvalue weighted by Crippen LogP contribution is 2.23. The summed E-state index contributed by atoms with van der Waals surface area (Å²) in [6.07, 6.45) is 0. The Morgan fingerprint density at radius 3 is 2.50 bits per heavy atom. The van der Waals surface area contributed by atoms with Crippen LogP contribution in [0.25, 0.3) is 0 Å². The minimum absolute atomic E-state index is 0.183. The number of benzene rings is 2. The second-order valence-electron chi connectivity index (χ2n) is 5.53. The number of nitrogens with zero attached hydrogens (tertiary/aromatic N) is 3. The summed E-state index contributed by atoms with van der Waals surface area (Å²) in [6.45, 7) is 1.95. The molecule has 128 valence electrons. The second-order valence-corrected chi connectivity index (χ2v) is 5.97. The number of carbonyl (C=O) groups excluding carboxylic acids is 1. The highest BCUT2D eigenvalue weighted by molar-refractivity contribution is 6.30. The smallest absolute Gasteiger partial charge is 0.276 e. The van der Waals surface area contributed by atoms with Crippen molar-refractivity contribution in [3.05, 3.63) is 76.4 Å². The number of hydrogen-bond donors (Lipinski definition) is 2.